The molecule has 0 N–H and O–H groups in total. The van der Waals surface area contributed by atoms with Crippen molar-refractivity contribution in [2.45, 2.75) is 360 Å². The van der Waals surface area contributed by atoms with Crippen molar-refractivity contribution < 1.29 is 42.9 Å². The van der Waals surface area contributed by atoms with E-state index in [-0.39, 0.29) is 32.2 Å². The number of ether oxygens (including phenoxy) is 4. The zero-order chi connectivity index (χ0) is 57.6. The second kappa shape index (κ2) is 61.8. The number of rotatable bonds is 65. The zero-order valence-electron chi connectivity index (χ0n) is 53.3. The molecule has 0 rings (SSSR count). The minimum absolute atomic E-state index is 0.149. The number of quaternary nitrogens is 1. The predicted octanol–water partition coefficient (Wildman–Crippen LogP) is 19.7. The van der Waals surface area contributed by atoms with Crippen molar-refractivity contribution in [1.29, 1.82) is 0 Å². The van der Waals surface area contributed by atoms with Gasteiger partial charge in [-0.1, -0.05) is 314 Å². The van der Waals surface area contributed by atoms with Crippen LogP contribution in [0.15, 0.2) is 24.3 Å². The summed E-state index contributed by atoms with van der Waals surface area (Å²) in [7, 11) is 5.94. The monoisotopic (exact) mass is 1120 g/mol. The predicted molar refractivity (Wildman–Crippen MR) is 334 cm³/mol. The first-order valence-electron chi connectivity index (χ1n) is 34.5. The highest BCUT2D eigenvalue weighted by Crippen LogP contribution is 2.19. The molecule has 0 aliphatic rings. The lowest BCUT2D eigenvalue weighted by molar-refractivity contribution is -0.870. The maximum atomic E-state index is 12.9. The van der Waals surface area contributed by atoms with Crippen molar-refractivity contribution in [3.05, 3.63) is 24.3 Å². The van der Waals surface area contributed by atoms with Gasteiger partial charge in [-0.05, 0) is 44.9 Å². The molecule has 0 aliphatic heterocycles. The van der Waals surface area contributed by atoms with Gasteiger partial charge in [0.1, 0.15) is 13.2 Å². The molecule has 9 nitrogen and oxygen atoms in total. The van der Waals surface area contributed by atoms with Gasteiger partial charge in [0.2, 0.25) is 0 Å². The molecule has 0 bridgehead atoms. The third kappa shape index (κ3) is 63.2. The molecule has 2 atom stereocenters. The number of unbranched alkanes of at least 4 members (excludes halogenated alkanes) is 46. The summed E-state index contributed by atoms with van der Waals surface area (Å²) in [5.41, 5.74) is 0. The Morgan fingerprint density at radius 2 is 0.684 bits per heavy atom. The number of nitrogens with zero attached hydrogens (tertiary/aromatic N) is 1. The fourth-order valence-corrected chi connectivity index (χ4v) is 10.4. The van der Waals surface area contributed by atoms with Crippen LogP contribution in [0.1, 0.15) is 348 Å². The maximum Gasteiger partial charge on any atom is 0.306 e. The molecule has 0 radical (unpaired) electrons. The van der Waals surface area contributed by atoms with Crippen LogP contribution < -0.4 is 5.11 Å². The van der Waals surface area contributed by atoms with E-state index in [1.54, 1.807) is 0 Å². The summed E-state index contributed by atoms with van der Waals surface area (Å²) in [5, 5.41) is 11.8. The third-order valence-electron chi connectivity index (χ3n) is 15.7. The minimum Gasteiger partial charge on any atom is -0.545 e. The fraction of sp³-hybridized carbons (Fsp3) is 0.900. The van der Waals surface area contributed by atoms with E-state index in [1.807, 2.05) is 21.1 Å². The lowest BCUT2D eigenvalue weighted by Gasteiger charge is -2.26. The molecule has 0 aromatic carbocycles. The topological polar surface area (TPSA) is 111 Å². The average molecular weight is 1120 g/mol. The molecule has 9 heteroatoms. The lowest BCUT2D eigenvalue weighted by atomic mass is 10.0. The van der Waals surface area contributed by atoms with Gasteiger partial charge < -0.3 is 33.3 Å². The molecule has 0 saturated heterocycles. The number of carboxylic acid groups (broad SMARTS) is 1. The van der Waals surface area contributed by atoms with E-state index in [1.165, 1.54) is 263 Å². The van der Waals surface area contributed by atoms with Crippen LogP contribution >= 0.6 is 0 Å². The van der Waals surface area contributed by atoms with Crippen LogP contribution in [0.2, 0.25) is 0 Å². The number of carbonyl (C=O) groups excluding carboxylic acids is 3. The van der Waals surface area contributed by atoms with Crippen LogP contribution in [0.4, 0.5) is 0 Å². The van der Waals surface area contributed by atoms with Gasteiger partial charge in [-0.15, -0.1) is 0 Å². The maximum absolute atomic E-state index is 12.9. The molecule has 0 aromatic heterocycles. The van der Waals surface area contributed by atoms with Crippen molar-refractivity contribution in [2.24, 2.45) is 0 Å². The first kappa shape index (κ1) is 76.8. The highest BCUT2D eigenvalue weighted by molar-refractivity contribution is 5.70. The Labute approximate surface area is 490 Å². The zero-order valence-corrected chi connectivity index (χ0v) is 53.3. The number of hydrogen-bond donors (Lipinski definition) is 0. The molecule has 0 heterocycles. The molecule has 79 heavy (non-hydrogen) atoms. The lowest BCUT2D eigenvalue weighted by Crippen LogP contribution is -2.44. The Hall–Kier alpha value is -2.23. The van der Waals surface area contributed by atoms with Crippen molar-refractivity contribution >= 4 is 17.9 Å². The molecule has 0 amide bonds. The van der Waals surface area contributed by atoms with Gasteiger partial charge in [-0.25, -0.2) is 0 Å². The number of esters is 2. The quantitative estimate of drug-likeness (QED) is 0.0195. The number of carboxylic acids is 1. The Kier molecular flexibility index (Phi) is 60.1. The second-order valence-corrected chi connectivity index (χ2v) is 24.8. The first-order valence-corrected chi connectivity index (χ1v) is 34.5. The van der Waals surface area contributed by atoms with Crippen LogP contribution in [0, 0.1) is 0 Å². The molecule has 0 fully saturated rings. The van der Waals surface area contributed by atoms with Gasteiger partial charge >= 0.3 is 11.9 Å². The minimum atomic E-state index is -1.62. The average Bonchev–Trinajstić information content (AvgIpc) is 3.42. The van der Waals surface area contributed by atoms with E-state index in [2.05, 4.69) is 38.2 Å². The molecule has 0 saturated carbocycles. The molecule has 0 aromatic rings. The van der Waals surface area contributed by atoms with Gasteiger partial charge in [0.25, 0.3) is 0 Å². The van der Waals surface area contributed by atoms with Gasteiger partial charge in [0.05, 0.1) is 40.3 Å². The van der Waals surface area contributed by atoms with E-state index < -0.39 is 24.3 Å². The Bertz CT molecular complexity index is 1340. The molecular weight excluding hydrogens is 983 g/mol. The van der Waals surface area contributed by atoms with Gasteiger partial charge in [0, 0.05) is 12.8 Å². The van der Waals surface area contributed by atoms with Gasteiger partial charge in [0.15, 0.2) is 12.4 Å². The van der Waals surface area contributed by atoms with Crippen molar-refractivity contribution in [3.8, 4) is 0 Å². The molecule has 466 valence electrons. The molecule has 2 unspecified atom stereocenters. The highest BCUT2D eigenvalue weighted by Gasteiger charge is 2.22. The summed E-state index contributed by atoms with van der Waals surface area (Å²) in [5.74, 6) is -2.26. The number of hydrogen-bond acceptors (Lipinski definition) is 8. The van der Waals surface area contributed by atoms with E-state index in [4.69, 9.17) is 18.9 Å². The molecule has 0 aliphatic carbocycles. The summed E-state index contributed by atoms with van der Waals surface area (Å²) in [4.78, 5) is 37.4. The fourth-order valence-electron chi connectivity index (χ4n) is 10.4. The number of allylic oxidation sites excluding steroid dienone is 4. The number of aliphatic carboxylic acids is 1. The van der Waals surface area contributed by atoms with Gasteiger partial charge in [-0.3, -0.25) is 9.59 Å². The normalized spacial score (nSPS) is 12.8. The molecule has 0 spiro atoms. The van der Waals surface area contributed by atoms with Crippen LogP contribution in [-0.2, 0) is 33.3 Å². The van der Waals surface area contributed by atoms with Crippen molar-refractivity contribution in [2.75, 3.05) is 47.5 Å². The summed E-state index contributed by atoms with van der Waals surface area (Å²) in [6.07, 6.45) is 72.7. The number of carbonyl (C=O) groups is 3. The Balaban J connectivity index is 4.03. The molecular formula is C70H133NO8. The van der Waals surface area contributed by atoms with E-state index in [9.17, 15) is 19.5 Å². The summed E-state index contributed by atoms with van der Waals surface area (Å²) < 4.78 is 22.8. The Morgan fingerprint density at radius 3 is 1.00 bits per heavy atom. The largest absolute Gasteiger partial charge is 0.545 e. The number of likely N-dealkylation sites (N-methyl/N-ethyl adjacent to an activating group) is 1. The van der Waals surface area contributed by atoms with E-state index >= 15 is 0 Å². The standard InChI is InChI=1S/C70H133NO8/c1-6-8-10-12-14-16-18-20-22-24-26-28-29-30-31-32-33-34-35-36-37-38-39-41-42-44-46-48-50-52-54-56-58-60-67(72)77-64-66(65-78-70(69(74)75)76-63-62-71(3,4)5)79-68(73)61-59-57-55-53-51-49-47-45-43-40-27-25-23-21-19-17-15-13-11-9-7-2/h19,21,25,27,66,70H,6-18,20,22-24,26,28-65H2,1-5H3/b21-19-,27-25-. The van der Waals surface area contributed by atoms with E-state index in [0.717, 1.165) is 51.4 Å². The summed E-state index contributed by atoms with van der Waals surface area (Å²) in [6.45, 7) is 4.80. The SMILES string of the molecule is CCCCCCC/C=C\C/C=C\CCCCCCCCCCCC(=O)OC(COC(=O)CCCCCCCCCCCCCCCCCCCCCCCCCCCCCCCCCCC)COC(OCC[N+](C)(C)C)C(=O)[O-]. The summed E-state index contributed by atoms with van der Waals surface area (Å²) in [6, 6.07) is 0. The third-order valence-corrected chi connectivity index (χ3v) is 15.7. The first-order chi connectivity index (χ1) is 38.6. The second-order valence-electron chi connectivity index (χ2n) is 24.8. The smallest absolute Gasteiger partial charge is 0.306 e. The van der Waals surface area contributed by atoms with Crippen LogP contribution in [0.25, 0.3) is 0 Å². The van der Waals surface area contributed by atoms with Crippen LogP contribution in [-0.4, -0.2) is 82.3 Å². The highest BCUT2D eigenvalue weighted by atomic mass is 16.7. The Morgan fingerprint density at radius 1 is 0.380 bits per heavy atom. The van der Waals surface area contributed by atoms with Crippen molar-refractivity contribution in [1.82, 2.24) is 0 Å². The van der Waals surface area contributed by atoms with Gasteiger partial charge in [-0.2, -0.15) is 0 Å². The van der Waals surface area contributed by atoms with Crippen molar-refractivity contribution in [3.63, 3.8) is 0 Å². The van der Waals surface area contributed by atoms with Crippen LogP contribution in [0.3, 0.4) is 0 Å². The van der Waals surface area contributed by atoms with Crippen LogP contribution in [0.5, 0.6) is 0 Å². The van der Waals surface area contributed by atoms with E-state index in [0.29, 0.717) is 23.9 Å². The summed E-state index contributed by atoms with van der Waals surface area (Å²) >= 11 is 0.